The molecule has 0 aliphatic rings. The third kappa shape index (κ3) is 5.81. The fourth-order valence-electron chi connectivity index (χ4n) is 3.29. The largest absolute Gasteiger partial charge is 0.361 e. The van der Waals surface area contributed by atoms with Gasteiger partial charge in [-0.2, -0.15) is 0 Å². The van der Waals surface area contributed by atoms with Crippen molar-refractivity contribution in [1.82, 2.24) is 30.2 Å². The van der Waals surface area contributed by atoms with E-state index in [-0.39, 0.29) is 29.8 Å². The molecule has 3 heterocycles. The van der Waals surface area contributed by atoms with Crippen molar-refractivity contribution in [1.29, 1.82) is 0 Å². The Labute approximate surface area is 197 Å². The summed E-state index contributed by atoms with van der Waals surface area (Å²) in [6.45, 7) is 4.06. The maximum Gasteiger partial charge on any atom is 0.191 e. The van der Waals surface area contributed by atoms with Gasteiger partial charge in [0.1, 0.15) is 18.0 Å². The van der Waals surface area contributed by atoms with Gasteiger partial charge in [-0.05, 0) is 54.8 Å². The molecular formula is C22H25FIN7. The van der Waals surface area contributed by atoms with Crippen LogP contribution in [0, 0.1) is 5.82 Å². The first kappa shape index (κ1) is 22.7. The van der Waals surface area contributed by atoms with Crippen molar-refractivity contribution in [3.63, 3.8) is 0 Å². The molecule has 0 saturated carbocycles. The van der Waals surface area contributed by atoms with Crippen LogP contribution in [0.25, 0.3) is 16.7 Å². The molecule has 1 aromatic carbocycles. The van der Waals surface area contributed by atoms with Crippen LogP contribution in [0.2, 0.25) is 0 Å². The third-order valence-electron chi connectivity index (χ3n) is 4.76. The number of benzene rings is 1. The van der Waals surface area contributed by atoms with Gasteiger partial charge in [0.15, 0.2) is 5.96 Å². The zero-order chi connectivity index (χ0) is 20.8. The van der Waals surface area contributed by atoms with E-state index in [4.69, 9.17) is 0 Å². The zero-order valence-corrected chi connectivity index (χ0v) is 19.5. The van der Waals surface area contributed by atoms with Crippen molar-refractivity contribution >= 4 is 40.8 Å². The molecule has 162 valence electrons. The van der Waals surface area contributed by atoms with Crippen LogP contribution in [0.5, 0.6) is 0 Å². The first-order chi connectivity index (χ1) is 14.7. The van der Waals surface area contributed by atoms with E-state index in [1.54, 1.807) is 18.7 Å². The molecule has 0 bridgehead atoms. The number of guanidine groups is 1. The maximum absolute atomic E-state index is 13.4. The van der Waals surface area contributed by atoms with E-state index in [0.717, 1.165) is 46.8 Å². The van der Waals surface area contributed by atoms with Crippen molar-refractivity contribution in [3.8, 4) is 5.82 Å². The standard InChI is InChI=1S/C22H24FN7.HI/c1-2-25-22(27-8-6-17-14-28-20-12-18(23)3-4-19(17)20)29-13-16-5-7-26-21(11-16)30-10-9-24-15-30;/h3-5,7,9-12,14-15,28H,2,6,8,13H2,1H3,(H2,25,27,29);1H. The molecule has 0 fully saturated rings. The SMILES string of the molecule is CCNC(=NCc1ccnc(-n2ccnc2)c1)NCCc1c[nH]c2cc(F)ccc12.I. The molecular weight excluding hydrogens is 508 g/mol. The lowest BCUT2D eigenvalue weighted by molar-refractivity contribution is 0.629. The van der Waals surface area contributed by atoms with E-state index >= 15 is 0 Å². The lowest BCUT2D eigenvalue weighted by atomic mass is 10.1. The van der Waals surface area contributed by atoms with E-state index < -0.39 is 0 Å². The number of hydrogen-bond donors (Lipinski definition) is 3. The van der Waals surface area contributed by atoms with Crippen LogP contribution in [0.15, 0.2) is 66.4 Å². The number of nitrogens with zero attached hydrogens (tertiary/aromatic N) is 4. The lowest BCUT2D eigenvalue weighted by Gasteiger charge is -2.11. The number of pyridine rings is 1. The second-order valence-electron chi connectivity index (χ2n) is 6.87. The highest BCUT2D eigenvalue weighted by Crippen LogP contribution is 2.19. The molecule has 0 aliphatic heterocycles. The van der Waals surface area contributed by atoms with Crippen molar-refractivity contribution in [2.75, 3.05) is 13.1 Å². The number of fused-ring (bicyclic) bond motifs is 1. The van der Waals surface area contributed by atoms with Gasteiger partial charge < -0.3 is 15.6 Å². The Morgan fingerprint density at radius 2 is 2.10 bits per heavy atom. The predicted molar refractivity (Wildman–Crippen MR) is 132 cm³/mol. The fourth-order valence-corrected chi connectivity index (χ4v) is 3.29. The lowest BCUT2D eigenvalue weighted by Crippen LogP contribution is -2.38. The minimum Gasteiger partial charge on any atom is -0.361 e. The van der Waals surface area contributed by atoms with Crippen molar-refractivity contribution < 1.29 is 4.39 Å². The number of aromatic nitrogens is 4. The quantitative estimate of drug-likeness (QED) is 0.192. The normalized spacial score (nSPS) is 11.4. The first-order valence-electron chi connectivity index (χ1n) is 9.94. The average molecular weight is 533 g/mol. The highest BCUT2D eigenvalue weighted by Gasteiger charge is 2.06. The Morgan fingerprint density at radius 3 is 2.90 bits per heavy atom. The van der Waals surface area contributed by atoms with E-state index in [9.17, 15) is 4.39 Å². The fraction of sp³-hybridized carbons (Fsp3) is 0.227. The molecule has 0 amide bonds. The van der Waals surface area contributed by atoms with Crippen LogP contribution in [0.1, 0.15) is 18.1 Å². The Bertz CT molecular complexity index is 1140. The number of H-pyrrole nitrogens is 1. The first-order valence-corrected chi connectivity index (χ1v) is 9.94. The van der Waals surface area contributed by atoms with Crippen LogP contribution >= 0.6 is 24.0 Å². The highest BCUT2D eigenvalue weighted by molar-refractivity contribution is 14.0. The monoisotopic (exact) mass is 533 g/mol. The van der Waals surface area contributed by atoms with Gasteiger partial charge in [-0.1, -0.05) is 0 Å². The Morgan fingerprint density at radius 1 is 1.19 bits per heavy atom. The smallest absolute Gasteiger partial charge is 0.191 e. The minimum absolute atomic E-state index is 0. The van der Waals surface area contributed by atoms with Crippen LogP contribution < -0.4 is 10.6 Å². The van der Waals surface area contributed by atoms with Crippen LogP contribution in [-0.4, -0.2) is 38.6 Å². The average Bonchev–Trinajstić information content (AvgIpc) is 3.42. The van der Waals surface area contributed by atoms with Crippen molar-refractivity contribution in [2.45, 2.75) is 19.9 Å². The number of halogens is 2. The zero-order valence-electron chi connectivity index (χ0n) is 17.2. The van der Waals surface area contributed by atoms with Gasteiger partial charge in [-0.15, -0.1) is 24.0 Å². The second kappa shape index (κ2) is 10.9. The minimum atomic E-state index is -0.233. The van der Waals surface area contributed by atoms with Crippen molar-refractivity contribution in [2.24, 2.45) is 4.99 Å². The summed E-state index contributed by atoms with van der Waals surface area (Å²) in [4.78, 5) is 16.2. The van der Waals surface area contributed by atoms with Crippen LogP contribution in [0.3, 0.4) is 0 Å². The molecule has 4 aromatic rings. The summed E-state index contributed by atoms with van der Waals surface area (Å²) in [6, 6.07) is 8.78. The molecule has 0 atom stereocenters. The number of aliphatic imine (C=N–C) groups is 1. The van der Waals surface area contributed by atoms with Gasteiger partial charge in [0.25, 0.3) is 0 Å². The summed E-state index contributed by atoms with van der Waals surface area (Å²) in [5.74, 6) is 1.33. The van der Waals surface area contributed by atoms with Gasteiger partial charge in [0, 0.05) is 48.8 Å². The number of rotatable bonds is 7. The highest BCUT2D eigenvalue weighted by atomic mass is 127. The predicted octanol–water partition coefficient (Wildman–Crippen LogP) is 3.80. The molecule has 4 rings (SSSR count). The summed E-state index contributed by atoms with van der Waals surface area (Å²) < 4.78 is 15.2. The van der Waals surface area contributed by atoms with E-state index in [2.05, 4.69) is 30.6 Å². The third-order valence-corrected chi connectivity index (χ3v) is 4.76. The molecule has 0 radical (unpaired) electrons. The molecule has 7 nitrogen and oxygen atoms in total. The molecule has 0 spiro atoms. The Kier molecular flexibility index (Phi) is 7.99. The number of aromatic amines is 1. The molecule has 31 heavy (non-hydrogen) atoms. The van der Waals surface area contributed by atoms with Gasteiger partial charge in [-0.25, -0.2) is 19.4 Å². The van der Waals surface area contributed by atoms with E-state index in [0.29, 0.717) is 13.1 Å². The number of nitrogens with one attached hydrogen (secondary N) is 3. The number of hydrogen-bond acceptors (Lipinski definition) is 3. The summed E-state index contributed by atoms with van der Waals surface area (Å²) in [5, 5.41) is 7.68. The number of imidazole rings is 1. The maximum atomic E-state index is 13.4. The van der Waals surface area contributed by atoms with E-state index in [1.807, 2.05) is 42.1 Å². The summed E-state index contributed by atoms with van der Waals surface area (Å²) >= 11 is 0. The van der Waals surface area contributed by atoms with Crippen LogP contribution in [-0.2, 0) is 13.0 Å². The summed E-state index contributed by atoms with van der Waals surface area (Å²) in [5.41, 5.74) is 3.02. The molecule has 3 N–H and O–H groups in total. The molecule has 3 aromatic heterocycles. The van der Waals surface area contributed by atoms with Gasteiger partial charge >= 0.3 is 0 Å². The van der Waals surface area contributed by atoms with Crippen LogP contribution in [0.4, 0.5) is 4.39 Å². The summed E-state index contributed by atoms with van der Waals surface area (Å²) in [7, 11) is 0. The second-order valence-corrected chi connectivity index (χ2v) is 6.87. The van der Waals surface area contributed by atoms with Gasteiger partial charge in [0.05, 0.1) is 6.54 Å². The summed E-state index contributed by atoms with van der Waals surface area (Å²) in [6.07, 6.45) is 9.82. The molecule has 0 saturated heterocycles. The van der Waals surface area contributed by atoms with E-state index in [1.165, 1.54) is 12.1 Å². The Balaban J connectivity index is 0.00000272. The molecule has 0 unspecified atom stereocenters. The Hall–Kier alpha value is -2.95. The van der Waals surface area contributed by atoms with Gasteiger partial charge in [0.2, 0.25) is 0 Å². The topological polar surface area (TPSA) is 82.9 Å². The molecule has 9 heteroatoms. The van der Waals surface area contributed by atoms with Gasteiger partial charge in [-0.3, -0.25) is 4.57 Å². The van der Waals surface area contributed by atoms with Crippen molar-refractivity contribution in [3.05, 3.63) is 78.4 Å². The molecule has 0 aliphatic carbocycles.